The molecule has 0 aromatic heterocycles. The van der Waals surface area contributed by atoms with Crippen molar-refractivity contribution in [3.63, 3.8) is 0 Å². The molecule has 1 aromatic carbocycles. The molecule has 0 aliphatic carbocycles. The van der Waals surface area contributed by atoms with Crippen molar-refractivity contribution in [3.05, 3.63) is 29.6 Å². The number of para-hydroxylation sites is 1. The molecular formula is C16H26FN3O. The lowest BCUT2D eigenvalue weighted by molar-refractivity contribution is 0.0758. The van der Waals surface area contributed by atoms with Gasteiger partial charge in [-0.25, -0.2) is 4.39 Å². The molecule has 2 N–H and O–H groups in total. The standard InChI is InChI=1S/C16H26FN3O/c1-4-19(5-2)11-8-12-20(6-3)16(21)13-9-7-10-14(17)15(13)18/h7,9-10H,4-6,8,11-12,18H2,1-3H3. The summed E-state index contributed by atoms with van der Waals surface area (Å²) in [6, 6.07) is 4.36. The van der Waals surface area contributed by atoms with E-state index in [2.05, 4.69) is 18.7 Å². The molecule has 118 valence electrons. The summed E-state index contributed by atoms with van der Waals surface area (Å²) in [4.78, 5) is 16.5. The molecule has 0 unspecified atom stereocenters. The summed E-state index contributed by atoms with van der Waals surface area (Å²) in [6.07, 6.45) is 0.899. The van der Waals surface area contributed by atoms with Gasteiger partial charge in [-0.15, -0.1) is 0 Å². The zero-order chi connectivity index (χ0) is 15.8. The van der Waals surface area contributed by atoms with Gasteiger partial charge in [-0.1, -0.05) is 19.9 Å². The molecule has 1 aromatic rings. The minimum Gasteiger partial charge on any atom is -0.396 e. The van der Waals surface area contributed by atoms with Crippen LogP contribution in [0.15, 0.2) is 18.2 Å². The van der Waals surface area contributed by atoms with Crippen molar-refractivity contribution in [2.45, 2.75) is 27.2 Å². The zero-order valence-corrected chi connectivity index (χ0v) is 13.2. The van der Waals surface area contributed by atoms with E-state index in [1.165, 1.54) is 12.1 Å². The van der Waals surface area contributed by atoms with E-state index >= 15 is 0 Å². The largest absolute Gasteiger partial charge is 0.396 e. The summed E-state index contributed by atoms with van der Waals surface area (Å²) < 4.78 is 13.5. The second-order valence-electron chi connectivity index (χ2n) is 4.97. The lowest BCUT2D eigenvalue weighted by Gasteiger charge is -2.24. The van der Waals surface area contributed by atoms with Crippen molar-refractivity contribution in [1.29, 1.82) is 0 Å². The van der Waals surface area contributed by atoms with Crippen LogP contribution in [-0.4, -0.2) is 48.4 Å². The maximum Gasteiger partial charge on any atom is 0.256 e. The molecule has 0 fully saturated rings. The third kappa shape index (κ3) is 4.70. The van der Waals surface area contributed by atoms with E-state index in [1.54, 1.807) is 11.0 Å². The normalized spacial score (nSPS) is 10.9. The first-order valence-electron chi connectivity index (χ1n) is 7.60. The number of hydrogen-bond donors (Lipinski definition) is 1. The van der Waals surface area contributed by atoms with Crippen molar-refractivity contribution in [3.8, 4) is 0 Å². The highest BCUT2D eigenvalue weighted by atomic mass is 19.1. The third-order valence-electron chi connectivity index (χ3n) is 3.75. The number of hydrogen-bond acceptors (Lipinski definition) is 3. The molecule has 0 saturated carbocycles. The second-order valence-corrected chi connectivity index (χ2v) is 4.97. The van der Waals surface area contributed by atoms with Gasteiger partial charge in [0, 0.05) is 13.1 Å². The molecule has 5 heteroatoms. The Morgan fingerprint density at radius 3 is 2.38 bits per heavy atom. The number of rotatable bonds is 8. The fraction of sp³-hybridized carbons (Fsp3) is 0.562. The Bertz CT molecular complexity index is 461. The number of carbonyl (C=O) groups is 1. The Hall–Kier alpha value is -1.62. The summed E-state index contributed by atoms with van der Waals surface area (Å²) in [5.74, 6) is -0.742. The van der Waals surface area contributed by atoms with Gasteiger partial charge in [-0.2, -0.15) is 0 Å². The van der Waals surface area contributed by atoms with E-state index in [9.17, 15) is 9.18 Å². The first-order chi connectivity index (χ1) is 10.0. The lowest BCUT2D eigenvalue weighted by atomic mass is 10.1. The topological polar surface area (TPSA) is 49.6 Å². The van der Waals surface area contributed by atoms with Crippen LogP contribution in [0.4, 0.5) is 10.1 Å². The highest BCUT2D eigenvalue weighted by molar-refractivity contribution is 5.99. The molecule has 0 aliphatic rings. The summed E-state index contributed by atoms with van der Waals surface area (Å²) in [7, 11) is 0. The molecule has 4 nitrogen and oxygen atoms in total. The number of nitrogen functional groups attached to an aromatic ring is 1. The van der Waals surface area contributed by atoms with Gasteiger partial charge in [0.2, 0.25) is 0 Å². The SMILES string of the molecule is CCN(CC)CCCN(CC)C(=O)c1cccc(F)c1N. The lowest BCUT2D eigenvalue weighted by Crippen LogP contribution is -2.34. The summed E-state index contributed by atoms with van der Waals surface area (Å²) >= 11 is 0. The first-order valence-corrected chi connectivity index (χ1v) is 7.60. The van der Waals surface area contributed by atoms with E-state index in [4.69, 9.17) is 5.73 Å². The number of carbonyl (C=O) groups excluding carboxylic acids is 1. The number of nitrogens with zero attached hydrogens (tertiary/aromatic N) is 2. The molecule has 0 saturated heterocycles. The first kappa shape index (κ1) is 17.4. The molecule has 0 heterocycles. The Labute approximate surface area is 126 Å². The molecule has 0 spiro atoms. The maximum absolute atomic E-state index is 13.5. The summed E-state index contributed by atoms with van der Waals surface area (Å²) in [5, 5.41) is 0. The van der Waals surface area contributed by atoms with Crippen molar-refractivity contribution in [2.24, 2.45) is 0 Å². The number of amides is 1. The summed E-state index contributed by atoms with van der Waals surface area (Å²) in [6.45, 7) is 10.4. The van der Waals surface area contributed by atoms with Crippen molar-refractivity contribution in [2.75, 3.05) is 38.5 Å². The predicted molar refractivity (Wildman–Crippen MR) is 84.8 cm³/mol. The van der Waals surface area contributed by atoms with E-state index in [0.717, 1.165) is 26.1 Å². The minimum atomic E-state index is -0.542. The van der Waals surface area contributed by atoms with Gasteiger partial charge in [0.25, 0.3) is 5.91 Å². The number of nitrogens with two attached hydrogens (primary N) is 1. The van der Waals surface area contributed by atoms with Crippen LogP contribution in [0.5, 0.6) is 0 Å². The zero-order valence-electron chi connectivity index (χ0n) is 13.2. The van der Waals surface area contributed by atoms with Crippen LogP contribution in [0.3, 0.4) is 0 Å². The fourth-order valence-corrected chi connectivity index (χ4v) is 2.32. The van der Waals surface area contributed by atoms with Gasteiger partial charge in [-0.05, 0) is 45.1 Å². The van der Waals surface area contributed by atoms with Crippen molar-refractivity contribution < 1.29 is 9.18 Å². The van der Waals surface area contributed by atoms with Gasteiger partial charge in [0.05, 0.1) is 11.3 Å². The number of benzene rings is 1. The van der Waals surface area contributed by atoms with E-state index in [-0.39, 0.29) is 17.2 Å². The highest BCUT2D eigenvalue weighted by Crippen LogP contribution is 2.18. The molecule has 0 radical (unpaired) electrons. The van der Waals surface area contributed by atoms with Crippen molar-refractivity contribution in [1.82, 2.24) is 9.80 Å². The molecule has 1 amide bonds. The Kier molecular flexibility index (Phi) is 7.15. The van der Waals surface area contributed by atoms with E-state index in [0.29, 0.717) is 13.1 Å². The molecule has 0 atom stereocenters. The average molecular weight is 295 g/mol. The molecule has 0 aliphatic heterocycles. The molecular weight excluding hydrogens is 269 g/mol. The van der Waals surface area contributed by atoms with Crippen LogP contribution in [0, 0.1) is 5.82 Å². The van der Waals surface area contributed by atoms with E-state index < -0.39 is 5.82 Å². The van der Waals surface area contributed by atoms with Crippen LogP contribution in [-0.2, 0) is 0 Å². The fourth-order valence-electron chi connectivity index (χ4n) is 2.32. The van der Waals surface area contributed by atoms with E-state index in [1.807, 2.05) is 6.92 Å². The Morgan fingerprint density at radius 2 is 1.81 bits per heavy atom. The monoisotopic (exact) mass is 295 g/mol. The van der Waals surface area contributed by atoms with Crippen LogP contribution in [0.25, 0.3) is 0 Å². The van der Waals surface area contributed by atoms with Gasteiger partial charge < -0.3 is 15.5 Å². The van der Waals surface area contributed by atoms with Gasteiger partial charge in [-0.3, -0.25) is 4.79 Å². The third-order valence-corrected chi connectivity index (χ3v) is 3.75. The molecule has 0 bridgehead atoms. The Balaban J connectivity index is 2.67. The van der Waals surface area contributed by atoms with Gasteiger partial charge >= 0.3 is 0 Å². The van der Waals surface area contributed by atoms with Crippen LogP contribution in [0.2, 0.25) is 0 Å². The smallest absolute Gasteiger partial charge is 0.256 e. The molecule has 21 heavy (non-hydrogen) atoms. The predicted octanol–water partition coefficient (Wildman–Crippen LogP) is 2.60. The number of anilines is 1. The molecule has 1 rings (SSSR count). The summed E-state index contributed by atoms with van der Waals surface area (Å²) in [5.41, 5.74) is 5.85. The van der Waals surface area contributed by atoms with Crippen LogP contribution >= 0.6 is 0 Å². The quantitative estimate of drug-likeness (QED) is 0.750. The Morgan fingerprint density at radius 1 is 1.14 bits per heavy atom. The average Bonchev–Trinajstić information content (AvgIpc) is 2.50. The number of halogens is 1. The maximum atomic E-state index is 13.5. The van der Waals surface area contributed by atoms with Gasteiger partial charge in [0.1, 0.15) is 5.82 Å². The highest BCUT2D eigenvalue weighted by Gasteiger charge is 2.18. The van der Waals surface area contributed by atoms with Crippen molar-refractivity contribution >= 4 is 11.6 Å². The van der Waals surface area contributed by atoms with Crippen LogP contribution in [0.1, 0.15) is 37.6 Å². The van der Waals surface area contributed by atoms with Crippen LogP contribution < -0.4 is 5.73 Å². The second kappa shape index (κ2) is 8.62. The van der Waals surface area contributed by atoms with Gasteiger partial charge in [0.15, 0.2) is 0 Å². The minimum absolute atomic E-state index is 0.0651.